The first-order chi connectivity index (χ1) is 15.0. The van der Waals surface area contributed by atoms with E-state index < -0.39 is 5.82 Å². The van der Waals surface area contributed by atoms with E-state index in [4.69, 9.17) is 9.84 Å². The summed E-state index contributed by atoms with van der Waals surface area (Å²) >= 11 is 0. The molecule has 0 bridgehead atoms. The molecule has 31 heavy (non-hydrogen) atoms. The van der Waals surface area contributed by atoms with Crippen molar-refractivity contribution in [3.05, 3.63) is 63.8 Å². The molecule has 2 aromatic heterocycles. The molecule has 1 aromatic carbocycles. The zero-order valence-corrected chi connectivity index (χ0v) is 17.3. The number of ether oxygens (including phenoxy) is 1. The van der Waals surface area contributed by atoms with Gasteiger partial charge in [0, 0.05) is 43.7 Å². The standard InChI is InChI=1S/C22H24FN5O3/c1-13-11-27(22(30)15-3-2-4-16(23)9-15)12-17(13)19-25-21(29)18-10-24-20(28(18)26-19)14-5-7-31-8-6-14/h2-4,9-10,13-14,17H,5-8,11-12H2,1H3,(H,25,26,29). The zero-order valence-electron chi connectivity index (χ0n) is 17.3. The fourth-order valence-electron chi connectivity index (χ4n) is 4.63. The third-order valence-corrected chi connectivity index (χ3v) is 6.36. The van der Waals surface area contributed by atoms with Gasteiger partial charge in [-0.05, 0) is 37.0 Å². The molecule has 0 spiro atoms. The fourth-order valence-corrected chi connectivity index (χ4v) is 4.63. The lowest BCUT2D eigenvalue weighted by Crippen LogP contribution is -2.29. The van der Waals surface area contributed by atoms with Crippen LogP contribution in [0.25, 0.3) is 5.52 Å². The third kappa shape index (κ3) is 3.63. The van der Waals surface area contributed by atoms with Gasteiger partial charge in [-0.1, -0.05) is 13.0 Å². The number of hydrogen-bond donors (Lipinski definition) is 1. The van der Waals surface area contributed by atoms with E-state index in [0.717, 1.165) is 18.7 Å². The van der Waals surface area contributed by atoms with Gasteiger partial charge in [0.05, 0.1) is 6.20 Å². The molecule has 1 amide bonds. The number of nitrogens with zero attached hydrogens (tertiary/aromatic N) is 4. The van der Waals surface area contributed by atoms with Crippen molar-refractivity contribution < 1.29 is 13.9 Å². The van der Waals surface area contributed by atoms with Crippen molar-refractivity contribution in [1.82, 2.24) is 24.5 Å². The summed E-state index contributed by atoms with van der Waals surface area (Å²) in [4.78, 5) is 34.7. The Kier molecular flexibility index (Phi) is 5.05. The zero-order chi connectivity index (χ0) is 21.5. The maximum atomic E-state index is 13.5. The molecule has 9 heteroatoms. The number of halogens is 1. The van der Waals surface area contributed by atoms with Crippen LogP contribution in [-0.2, 0) is 4.74 Å². The Morgan fingerprint density at radius 2 is 2.06 bits per heavy atom. The number of H-pyrrole nitrogens is 1. The predicted octanol–water partition coefficient (Wildman–Crippen LogP) is 2.33. The van der Waals surface area contributed by atoms with Crippen LogP contribution in [-0.4, -0.2) is 56.7 Å². The monoisotopic (exact) mass is 425 g/mol. The van der Waals surface area contributed by atoms with Crippen LogP contribution in [0.15, 0.2) is 35.3 Å². The molecule has 5 rings (SSSR count). The first kappa shape index (κ1) is 19.9. The molecule has 2 atom stereocenters. The highest BCUT2D eigenvalue weighted by atomic mass is 19.1. The quantitative estimate of drug-likeness (QED) is 0.695. The van der Waals surface area contributed by atoms with E-state index in [1.54, 1.807) is 21.7 Å². The number of amides is 1. The van der Waals surface area contributed by atoms with Gasteiger partial charge in [0.1, 0.15) is 17.5 Å². The molecule has 0 saturated carbocycles. The number of aromatic nitrogens is 4. The predicted molar refractivity (Wildman–Crippen MR) is 111 cm³/mol. The molecule has 2 fully saturated rings. The van der Waals surface area contributed by atoms with Crippen LogP contribution in [0.4, 0.5) is 4.39 Å². The van der Waals surface area contributed by atoms with Crippen molar-refractivity contribution in [2.75, 3.05) is 26.3 Å². The van der Waals surface area contributed by atoms with Crippen LogP contribution in [0.3, 0.4) is 0 Å². The van der Waals surface area contributed by atoms with E-state index in [1.807, 2.05) is 6.92 Å². The molecule has 1 N–H and O–H groups in total. The number of imidazole rings is 1. The van der Waals surface area contributed by atoms with Gasteiger partial charge in [-0.2, -0.15) is 5.10 Å². The highest BCUT2D eigenvalue weighted by Gasteiger charge is 2.36. The third-order valence-electron chi connectivity index (χ3n) is 6.36. The number of fused-ring (bicyclic) bond motifs is 1. The number of carbonyl (C=O) groups excluding carboxylic acids is 1. The van der Waals surface area contributed by atoms with E-state index >= 15 is 0 Å². The van der Waals surface area contributed by atoms with Crippen LogP contribution in [0.2, 0.25) is 0 Å². The molecule has 3 aromatic rings. The van der Waals surface area contributed by atoms with E-state index in [9.17, 15) is 14.0 Å². The number of likely N-dealkylation sites (tertiary alicyclic amines) is 1. The van der Waals surface area contributed by atoms with E-state index in [2.05, 4.69) is 9.97 Å². The second-order valence-electron chi connectivity index (χ2n) is 8.44. The highest BCUT2D eigenvalue weighted by Crippen LogP contribution is 2.32. The van der Waals surface area contributed by atoms with Crippen molar-refractivity contribution in [2.24, 2.45) is 5.92 Å². The number of nitrogens with one attached hydrogen (secondary N) is 1. The van der Waals surface area contributed by atoms with Crippen LogP contribution < -0.4 is 5.56 Å². The maximum Gasteiger partial charge on any atom is 0.276 e. The summed E-state index contributed by atoms with van der Waals surface area (Å²) < 4.78 is 20.7. The molecule has 0 aliphatic carbocycles. The maximum absolute atomic E-state index is 13.5. The van der Waals surface area contributed by atoms with E-state index in [0.29, 0.717) is 43.2 Å². The molecule has 4 heterocycles. The minimum absolute atomic E-state index is 0.0909. The number of carbonyl (C=O) groups is 1. The summed E-state index contributed by atoms with van der Waals surface area (Å²) in [6, 6.07) is 5.71. The van der Waals surface area contributed by atoms with Crippen molar-refractivity contribution >= 4 is 11.4 Å². The van der Waals surface area contributed by atoms with E-state index in [1.165, 1.54) is 18.2 Å². The van der Waals surface area contributed by atoms with Crippen LogP contribution in [0.1, 0.15) is 53.6 Å². The molecule has 0 radical (unpaired) electrons. The summed E-state index contributed by atoms with van der Waals surface area (Å²) in [5.74, 6) is 0.836. The summed E-state index contributed by atoms with van der Waals surface area (Å²) in [5, 5.41) is 4.74. The Morgan fingerprint density at radius 1 is 1.26 bits per heavy atom. The Bertz CT molecular complexity index is 1180. The lowest BCUT2D eigenvalue weighted by molar-refractivity contribution is 0.0786. The minimum Gasteiger partial charge on any atom is -0.381 e. The van der Waals surface area contributed by atoms with Crippen molar-refractivity contribution in [1.29, 1.82) is 0 Å². The molecule has 2 aliphatic heterocycles. The molecule has 162 valence electrons. The van der Waals surface area contributed by atoms with Gasteiger partial charge in [-0.3, -0.25) is 9.59 Å². The van der Waals surface area contributed by atoms with Gasteiger partial charge in [0.25, 0.3) is 11.5 Å². The van der Waals surface area contributed by atoms with Crippen LogP contribution >= 0.6 is 0 Å². The summed E-state index contributed by atoms with van der Waals surface area (Å²) in [6.07, 6.45) is 3.26. The average Bonchev–Trinajstić information content (AvgIpc) is 3.38. The van der Waals surface area contributed by atoms with Gasteiger partial charge in [-0.15, -0.1) is 0 Å². The largest absolute Gasteiger partial charge is 0.381 e. The molecule has 2 aliphatic rings. The lowest BCUT2D eigenvalue weighted by atomic mass is 9.97. The number of hydrogen-bond acceptors (Lipinski definition) is 5. The van der Waals surface area contributed by atoms with Gasteiger partial charge < -0.3 is 14.6 Å². The molecular weight excluding hydrogens is 401 g/mol. The molecule has 2 saturated heterocycles. The Balaban J connectivity index is 1.45. The van der Waals surface area contributed by atoms with Gasteiger partial charge in [0.15, 0.2) is 5.52 Å². The van der Waals surface area contributed by atoms with Crippen LogP contribution in [0.5, 0.6) is 0 Å². The van der Waals surface area contributed by atoms with Gasteiger partial charge in [-0.25, -0.2) is 13.9 Å². The lowest BCUT2D eigenvalue weighted by Gasteiger charge is -2.21. The van der Waals surface area contributed by atoms with Gasteiger partial charge in [0.2, 0.25) is 0 Å². The Labute approximate surface area is 178 Å². The Morgan fingerprint density at radius 3 is 2.84 bits per heavy atom. The topological polar surface area (TPSA) is 92.6 Å². The van der Waals surface area contributed by atoms with Crippen LogP contribution in [0, 0.1) is 11.7 Å². The number of aromatic amines is 1. The normalized spacial score (nSPS) is 22.3. The van der Waals surface area contributed by atoms with Crippen molar-refractivity contribution in [2.45, 2.75) is 31.6 Å². The number of benzene rings is 1. The van der Waals surface area contributed by atoms with Crippen molar-refractivity contribution in [3.63, 3.8) is 0 Å². The fraction of sp³-hybridized carbons (Fsp3) is 0.455. The first-order valence-electron chi connectivity index (χ1n) is 10.6. The number of rotatable bonds is 3. The first-order valence-corrected chi connectivity index (χ1v) is 10.6. The summed E-state index contributed by atoms with van der Waals surface area (Å²) in [6.45, 7) is 4.30. The SMILES string of the molecule is CC1CN(C(=O)c2cccc(F)c2)CC1c1nn2c(C3CCOCC3)ncc2c(=O)[nH]1. The molecular formula is C22H24FN5O3. The van der Waals surface area contributed by atoms with Crippen molar-refractivity contribution in [3.8, 4) is 0 Å². The molecule has 8 nitrogen and oxygen atoms in total. The second kappa shape index (κ2) is 7.88. The smallest absolute Gasteiger partial charge is 0.276 e. The highest BCUT2D eigenvalue weighted by molar-refractivity contribution is 5.94. The average molecular weight is 425 g/mol. The molecule has 2 unspecified atom stereocenters. The second-order valence-corrected chi connectivity index (χ2v) is 8.44. The van der Waals surface area contributed by atoms with Gasteiger partial charge >= 0.3 is 0 Å². The minimum atomic E-state index is -0.438. The summed E-state index contributed by atoms with van der Waals surface area (Å²) in [7, 11) is 0. The van der Waals surface area contributed by atoms with E-state index in [-0.39, 0.29) is 29.2 Å². The Hall–Kier alpha value is -3.07. The summed E-state index contributed by atoms with van der Waals surface area (Å²) in [5.41, 5.74) is 0.502.